The molecular weight excluding hydrogens is 498 g/mol. The summed E-state index contributed by atoms with van der Waals surface area (Å²) in [5.74, 6) is 1.37. The highest BCUT2D eigenvalue weighted by atomic mass is 32.2. The molecule has 0 aliphatic carbocycles. The van der Waals surface area contributed by atoms with Gasteiger partial charge in [-0.15, -0.1) is 11.8 Å². The quantitative estimate of drug-likeness (QED) is 0.128. The zero-order valence-electron chi connectivity index (χ0n) is 20.0. The number of imidazole rings is 1. The van der Waals surface area contributed by atoms with Gasteiger partial charge in [-0.2, -0.15) is 0 Å². The molecule has 0 unspecified atom stereocenters. The van der Waals surface area contributed by atoms with Crippen molar-refractivity contribution in [2.24, 2.45) is 0 Å². The van der Waals surface area contributed by atoms with Crippen LogP contribution in [0.3, 0.4) is 0 Å². The molecule has 1 aromatic carbocycles. The van der Waals surface area contributed by atoms with Crippen LogP contribution in [0.1, 0.15) is 25.3 Å². The largest absolute Gasteiger partial charge is 0.466 e. The fourth-order valence-electron chi connectivity index (χ4n) is 3.91. The molecule has 5 rings (SSSR count). The van der Waals surface area contributed by atoms with Crippen LogP contribution in [0.2, 0.25) is 0 Å². The highest BCUT2D eigenvalue weighted by molar-refractivity contribution is 7.99. The van der Waals surface area contributed by atoms with Crippen LogP contribution in [0.15, 0.2) is 58.2 Å². The number of carbonyl (C=O) groups is 1. The van der Waals surface area contributed by atoms with E-state index < -0.39 is 0 Å². The van der Waals surface area contributed by atoms with Gasteiger partial charge in [0.05, 0.1) is 25.2 Å². The minimum atomic E-state index is -0.168. The number of ether oxygens (including phenoxy) is 2. The molecule has 0 saturated heterocycles. The number of benzene rings is 1. The number of hydrogen-bond acceptors (Lipinski definition) is 11. The van der Waals surface area contributed by atoms with Crippen LogP contribution in [0.25, 0.3) is 11.2 Å². The Morgan fingerprint density at radius 1 is 1.14 bits per heavy atom. The Labute approximate surface area is 216 Å². The van der Waals surface area contributed by atoms with Gasteiger partial charge < -0.3 is 14.0 Å². The molecule has 0 saturated carbocycles. The first-order valence-corrected chi connectivity index (χ1v) is 13.3. The Morgan fingerprint density at radius 2 is 2.03 bits per heavy atom. The van der Waals surface area contributed by atoms with E-state index in [9.17, 15) is 4.79 Å². The Bertz CT molecular complexity index is 1380. The summed E-state index contributed by atoms with van der Waals surface area (Å²) < 4.78 is 12.5. The number of carbonyl (C=O) groups excluding carboxylic acids is 1. The molecule has 0 fully saturated rings. The van der Waals surface area contributed by atoms with Crippen molar-refractivity contribution < 1.29 is 14.3 Å². The second-order valence-electron chi connectivity index (χ2n) is 7.92. The highest BCUT2D eigenvalue weighted by Gasteiger charge is 2.26. The SMILES string of the molecule is CCOC(=O)CCCSc1ncnc2c1ncn2Cc1ccc2c(c1)N(COC)c1nccnc1S2. The molecule has 10 nitrogen and oxygen atoms in total. The standard InChI is InChI=1S/C24H25N7O3S2/c1-3-34-19(32)5-4-10-35-23-20-21(27-13-28-23)30(14-29-20)12-16-6-7-18-17(11-16)31(15-33-2)22-24(36-18)26-9-8-25-22/h6-9,11,13-14H,3-5,10,12,15H2,1-2H3. The summed E-state index contributed by atoms with van der Waals surface area (Å²) in [6.07, 6.45) is 7.87. The summed E-state index contributed by atoms with van der Waals surface area (Å²) in [7, 11) is 1.67. The molecule has 4 aromatic rings. The fourth-order valence-corrected chi connectivity index (χ4v) is 5.78. The minimum absolute atomic E-state index is 0.168. The molecule has 1 aliphatic rings. The third-order valence-electron chi connectivity index (χ3n) is 5.47. The number of aromatic nitrogens is 6. The van der Waals surface area contributed by atoms with Crippen molar-refractivity contribution in [2.75, 3.05) is 31.1 Å². The van der Waals surface area contributed by atoms with E-state index in [4.69, 9.17) is 9.47 Å². The molecule has 36 heavy (non-hydrogen) atoms. The van der Waals surface area contributed by atoms with Gasteiger partial charge in [0, 0.05) is 36.6 Å². The van der Waals surface area contributed by atoms with Gasteiger partial charge in [0.25, 0.3) is 0 Å². The Hall–Kier alpha value is -3.22. The summed E-state index contributed by atoms with van der Waals surface area (Å²) >= 11 is 3.18. The van der Waals surface area contributed by atoms with Gasteiger partial charge in [-0.25, -0.2) is 24.9 Å². The first-order chi connectivity index (χ1) is 17.7. The van der Waals surface area contributed by atoms with Crippen molar-refractivity contribution in [1.82, 2.24) is 29.5 Å². The molecule has 0 N–H and O–H groups in total. The lowest BCUT2D eigenvalue weighted by molar-refractivity contribution is -0.143. The van der Waals surface area contributed by atoms with Crippen molar-refractivity contribution in [3.63, 3.8) is 0 Å². The van der Waals surface area contributed by atoms with Crippen molar-refractivity contribution in [3.05, 3.63) is 48.8 Å². The third-order valence-corrected chi connectivity index (χ3v) is 7.58. The predicted octanol–water partition coefficient (Wildman–Crippen LogP) is 4.31. The number of esters is 1. The van der Waals surface area contributed by atoms with E-state index in [1.165, 1.54) is 0 Å². The first kappa shape index (κ1) is 24.5. The summed E-state index contributed by atoms with van der Waals surface area (Å²) in [5.41, 5.74) is 3.67. The normalized spacial score (nSPS) is 12.4. The van der Waals surface area contributed by atoms with Gasteiger partial charge in [0.2, 0.25) is 0 Å². The number of fused-ring (bicyclic) bond motifs is 3. The molecular formula is C24H25N7O3S2. The predicted molar refractivity (Wildman–Crippen MR) is 138 cm³/mol. The van der Waals surface area contributed by atoms with Crippen molar-refractivity contribution >= 4 is 52.2 Å². The smallest absolute Gasteiger partial charge is 0.305 e. The molecule has 12 heteroatoms. The van der Waals surface area contributed by atoms with E-state index in [2.05, 4.69) is 43.1 Å². The molecule has 186 valence electrons. The molecule has 0 amide bonds. The van der Waals surface area contributed by atoms with E-state index in [-0.39, 0.29) is 5.97 Å². The Kier molecular flexibility index (Phi) is 7.63. The Morgan fingerprint density at radius 3 is 2.89 bits per heavy atom. The lowest BCUT2D eigenvalue weighted by atomic mass is 10.2. The van der Waals surface area contributed by atoms with Crippen LogP contribution in [0.5, 0.6) is 0 Å². The number of methoxy groups -OCH3 is 1. The van der Waals surface area contributed by atoms with Gasteiger partial charge in [-0.3, -0.25) is 9.69 Å². The molecule has 0 radical (unpaired) electrons. The molecule has 4 heterocycles. The van der Waals surface area contributed by atoms with E-state index in [0.29, 0.717) is 32.7 Å². The summed E-state index contributed by atoms with van der Waals surface area (Å²) in [6.45, 7) is 3.20. The maximum atomic E-state index is 11.6. The van der Waals surface area contributed by atoms with Gasteiger partial charge in [-0.1, -0.05) is 17.8 Å². The second kappa shape index (κ2) is 11.2. The van der Waals surface area contributed by atoms with Gasteiger partial charge in [-0.05, 0) is 31.0 Å². The maximum absolute atomic E-state index is 11.6. The van der Waals surface area contributed by atoms with Crippen LogP contribution in [-0.4, -0.2) is 61.7 Å². The number of hydrogen-bond donors (Lipinski definition) is 0. The molecule has 0 atom stereocenters. The average Bonchev–Trinajstić information content (AvgIpc) is 3.30. The lowest BCUT2D eigenvalue weighted by Crippen LogP contribution is -2.24. The van der Waals surface area contributed by atoms with Gasteiger partial charge in [0.15, 0.2) is 11.5 Å². The summed E-state index contributed by atoms with van der Waals surface area (Å²) in [5, 5.41) is 1.67. The van der Waals surface area contributed by atoms with E-state index >= 15 is 0 Å². The second-order valence-corrected chi connectivity index (χ2v) is 10.0. The third kappa shape index (κ3) is 5.15. The molecule has 3 aromatic heterocycles. The Balaban J connectivity index is 1.34. The molecule has 1 aliphatic heterocycles. The zero-order chi connectivity index (χ0) is 24.9. The molecule has 0 bridgehead atoms. The van der Waals surface area contributed by atoms with Crippen LogP contribution < -0.4 is 4.90 Å². The van der Waals surface area contributed by atoms with E-state index in [1.807, 2.05) is 16.4 Å². The number of rotatable bonds is 10. The number of nitrogens with zero attached hydrogens (tertiary/aromatic N) is 7. The van der Waals surface area contributed by atoms with Crippen LogP contribution in [0, 0.1) is 0 Å². The minimum Gasteiger partial charge on any atom is -0.466 e. The van der Waals surface area contributed by atoms with Crippen molar-refractivity contribution in [1.29, 1.82) is 0 Å². The first-order valence-electron chi connectivity index (χ1n) is 11.5. The number of anilines is 2. The highest BCUT2D eigenvalue weighted by Crippen LogP contribution is 2.46. The van der Waals surface area contributed by atoms with Gasteiger partial charge in [0.1, 0.15) is 28.6 Å². The molecule has 0 spiro atoms. The topological polar surface area (TPSA) is 108 Å². The van der Waals surface area contributed by atoms with Gasteiger partial charge >= 0.3 is 5.97 Å². The average molecular weight is 524 g/mol. The summed E-state index contributed by atoms with van der Waals surface area (Å²) in [6, 6.07) is 6.36. The van der Waals surface area contributed by atoms with Crippen molar-refractivity contribution in [2.45, 2.75) is 41.3 Å². The number of thioether (sulfide) groups is 1. The van der Waals surface area contributed by atoms with E-state index in [0.717, 1.165) is 48.9 Å². The van der Waals surface area contributed by atoms with Crippen LogP contribution in [0.4, 0.5) is 11.5 Å². The monoisotopic (exact) mass is 523 g/mol. The summed E-state index contributed by atoms with van der Waals surface area (Å²) in [4.78, 5) is 37.2. The lowest BCUT2D eigenvalue weighted by Gasteiger charge is -2.30. The van der Waals surface area contributed by atoms with Crippen molar-refractivity contribution in [3.8, 4) is 0 Å². The maximum Gasteiger partial charge on any atom is 0.305 e. The fraction of sp³-hybridized carbons (Fsp3) is 0.333. The van der Waals surface area contributed by atoms with E-state index in [1.54, 1.807) is 55.7 Å². The zero-order valence-corrected chi connectivity index (χ0v) is 21.6. The van der Waals surface area contributed by atoms with Crippen LogP contribution >= 0.6 is 23.5 Å². The van der Waals surface area contributed by atoms with Crippen LogP contribution in [-0.2, 0) is 20.8 Å².